The molecule has 0 bridgehead atoms. The van der Waals surface area contributed by atoms with Crippen molar-refractivity contribution in [2.75, 3.05) is 0 Å². The molecule has 0 aromatic heterocycles. The topological polar surface area (TPSA) is 75.6 Å². The fourth-order valence-corrected chi connectivity index (χ4v) is 0.832. The molecule has 0 saturated heterocycles. The Bertz CT molecular complexity index is 244. The third kappa shape index (κ3) is 5.93. The molecule has 2 N–H and O–H groups in total. The number of nitrogens with one attached hydrogen (secondary N) is 1. The molecule has 88 valence electrons. The van der Waals surface area contributed by atoms with Gasteiger partial charge in [-0.15, -0.1) is 0 Å². The summed E-state index contributed by atoms with van der Waals surface area (Å²) >= 11 is 0. The van der Waals surface area contributed by atoms with Crippen LogP contribution < -0.4 is 5.32 Å². The maximum atomic E-state index is 11.3. The van der Waals surface area contributed by atoms with Gasteiger partial charge in [-0.05, 0) is 34.6 Å². The summed E-state index contributed by atoms with van der Waals surface area (Å²) in [5.41, 5.74) is -0.573. The number of hydrogen-bond donors (Lipinski definition) is 2. The zero-order chi connectivity index (χ0) is 12.2. The lowest BCUT2D eigenvalue weighted by Gasteiger charge is -2.23. The molecule has 0 aliphatic rings. The Morgan fingerprint density at radius 2 is 1.73 bits per heavy atom. The lowest BCUT2D eigenvalue weighted by Crippen LogP contribution is -2.42. The van der Waals surface area contributed by atoms with E-state index in [2.05, 4.69) is 5.32 Å². The normalized spacial score (nSPS) is 15.3. The zero-order valence-electron chi connectivity index (χ0n) is 9.83. The van der Waals surface area contributed by atoms with Crippen molar-refractivity contribution in [2.24, 2.45) is 5.92 Å². The first kappa shape index (κ1) is 13.7. The molecule has 0 aliphatic heterocycles. The second-order valence-electron chi connectivity index (χ2n) is 4.56. The lowest BCUT2D eigenvalue weighted by molar-refractivity contribution is -0.141. The van der Waals surface area contributed by atoms with Crippen LogP contribution in [0.2, 0.25) is 0 Å². The molecule has 0 heterocycles. The van der Waals surface area contributed by atoms with Crippen LogP contribution in [-0.4, -0.2) is 28.8 Å². The number of carboxylic acids is 1. The van der Waals surface area contributed by atoms with E-state index in [9.17, 15) is 9.59 Å². The Balaban J connectivity index is 4.13. The molecule has 1 unspecified atom stereocenters. The fourth-order valence-electron chi connectivity index (χ4n) is 0.832. The number of amides is 1. The monoisotopic (exact) mass is 217 g/mol. The number of carboxylic acid groups (broad SMARTS) is 1. The first-order chi connectivity index (χ1) is 6.63. The second-order valence-corrected chi connectivity index (χ2v) is 4.56. The molecule has 0 rings (SSSR count). The van der Waals surface area contributed by atoms with Gasteiger partial charge in [-0.1, -0.05) is 0 Å². The van der Waals surface area contributed by atoms with Crippen LogP contribution in [0, 0.1) is 5.92 Å². The molecule has 5 heteroatoms. The first-order valence-corrected chi connectivity index (χ1v) is 4.86. The molecule has 0 saturated carbocycles. The van der Waals surface area contributed by atoms with Crippen molar-refractivity contribution in [3.05, 3.63) is 0 Å². The minimum Gasteiger partial charge on any atom is -0.481 e. The number of ether oxygens (including phenoxy) is 1. The maximum Gasteiger partial charge on any atom is 0.407 e. The van der Waals surface area contributed by atoms with E-state index in [0.717, 1.165) is 0 Å². The summed E-state index contributed by atoms with van der Waals surface area (Å²) in [5, 5.41) is 11.2. The molecule has 0 fully saturated rings. The maximum absolute atomic E-state index is 11.3. The molecular formula is C10H19NO4. The molecule has 5 nitrogen and oxygen atoms in total. The van der Waals surface area contributed by atoms with Gasteiger partial charge in [0.25, 0.3) is 0 Å². The number of aliphatic carboxylic acids is 1. The number of alkyl carbamates (subject to hydrolysis) is 1. The van der Waals surface area contributed by atoms with Crippen LogP contribution in [0.1, 0.15) is 34.6 Å². The Morgan fingerprint density at radius 1 is 1.27 bits per heavy atom. The summed E-state index contributed by atoms with van der Waals surface area (Å²) in [6, 6.07) is -0.461. The molecule has 0 aliphatic carbocycles. The van der Waals surface area contributed by atoms with Crippen molar-refractivity contribution >= 4 is 12.1 Å². The summed E-state index contributed by atoms with van der Waals surface area (Å²) < 4.78 is 5.00. The van der Waals surface area contributed by atoms with Gasteiger partial charge in [-0.2, -0.15) is 0 Å². The van der Waals surface area contributed by atoms with Crippen LogP contribution in [0.3, 0.4) is 0 Å². The van der Waals surface area contributed by atoms with E-state index >= 15 is 0 Å². The minimum atomic E-state index is -0.946. The Labute approximate surface area is 89.8 Å². The van der Waals surface area contributed by atoms with E-state index in [1.807, 2.05) is 0 Å². The van der Waals surface area contributed by atoms with Gasteiger partial charge in [0, 0.05) is 6.04 Å². The standard InChI is InChI=1S/C10H19NO4/c1-6(8(12)13)7(2)11-9(14)15-10(3,4)5/h6-7H,1-5H3,(H,11,14)(H,12,13)/t6?,7-/m1/s1. The summed E-state index contributed by atoms with van der Waals surface area (Å²) in [6.45, 7) is 8.40. The molecule has 0 aromatic carbocycles. The van der Waals surface area contributed by atoms with E-state index in [4.69, 9.17) is 9.84 Å². The Morgan fingerprint density at radius 3 is 2.07 bits per heavy atom. The van der Waals surface area contributed by atoms with Gasteiger partial charge in [-0.25, -0.2) is 4.79 Å². The van der Waals surface area contributed by atoms with Crippen molar-refractivity contribution < 1.29 is 19.4 Å². The summed E-state index contributed by atoms with van der Waals surface area (Å²) in [5.74, 6) is -1.59. The van der Waals surface area contributed by atoms with Crippen molar-refractivity contribution in [1.82, 2.24) is 5.32 Å². The van der Waals surface area contributed by atoms with Crippen molar-refractivity contribution in [1.29, 1.82) is 0 Å². The summed E-state index contributed by atoms with van der Waals surface area (Å²) in [6.07, 6.45) is -0.594. The summed E-state index contributed by atoms with van der Waals surface area (Å²) in [7, 11) is 0. The van der Waals surface area contributed by atoms with Gasteiger partial charge in [0.05, 0.1) is 5.92 Å². The Hall–Kier alpha value is -1.26. The average Bonchev–Trinajstić information content (AvgIpc) is 1.98. The van der Waals surface area contributed by atoms with Gasteiger partial charge in [0.2, 0.25) is 0 Å². The third-order valence-corrected chi connectivity index (χ3v) is 1.88. The van der Waals surface area contributed by atoms with Crippen LogP contribution in [0.4, 0.5) is 4.79 Å². The molecule has 1 amide bonds. The highest BCUT2D eigenvalue weighted by Crippen LogP contribution is 2.08. The molecule has 0 radical (unpaired) electrons. The van der Waals surface area contributed by atoms with Gasteiger partial charge >= 0.3 is 12.1 Å². The van der Waals surface area contributed by atoms with Gasteiger partial charge in [0.15, 0.2) is 0 Å². The minimum absolute atomic E-state index is 0.461. The van der Waals surface area contributed by atoms with Crippen LogP contribution in [-0.2, 0) is 9.53 Å². The molecule has 0 spiro atoms. The average molecular weight is 217 g/mol. The first-order valence-electron chi connectivity index (χ1n) is 4.86. The molecule has 2 atom stereocenters. The van der Waals surface area contributed by atoms with E-state index in [-0.39, 0.29) is 0 Å². The largest absolute Gasteiger partial charge is 0.481 e. The van der Waals surface area contributed by atoms with Crippen molar-refractivity contribution in [2.45, 2.75) is 46.3 Å². The summed E-state index contributed by atoms with van der Waals surface area (Å²) in [4.78, 5) is 21.9. The van der Waals surface area contributed by atoms with E-state index < -0.39 is 29.6 Å². The zero-order valence-corrected chi connectivity index (χ0v) is 9.83. The van der Waals surface area contributed by atoms with Crippen LogP contribution in [0.15, 0.2) is 0 Å². The lowest BCUT2D eigenvalue weighted by atomic mass is 10.0. The van der Waals surface area contributed by atoms with Crippen molar-refractivity contribution in [3.8, 4) is 0 Å². The fraction of sp³-hybridized carbons (Fsp3) is 0.800. The molecule has 15 heavy (non-hydrogen) atoms. The third-order valence-electron chi connectivity index (χ3n) is 1.88. The Kier molecular flexibility index (Phi) is 4.58. The van der Waals surface area contributed by atoms with E-state index in [1.165, 1.54) is 6.92 Å². The number of carbonyl (C=O) groups excluding carboxylic acids is 1. The van der Waals surface area contributed by atoms with Gasteiger partial charge < -0.3 is 15.2 Å². The van der Waals surface area contributed by atoms with Crippen LogP contribution >= 0.6 is 0 Å². The highest BCUT2D eigenvalue weighted by Gasteiger charge is 2.23. The quantitative estimate of drug-likeness (QED) is 0.753. The number of carbonyl (C=O) groups is 2. The number of rotatable bonds is 3. The predicted octanol–water partition coefficient (Wildman–Crippen LogP) is 1.62. The van der Waals surface area contributed by atoms with Gasteiger partial charge in [-0.3, -0.25) is 4.79 Å². The highest BCUT2D eigenvalue weighted by molar-refractivity contribution is 5.73. The number of hydrogen-bond acceptors (Lipinski definition) is 3. The van der Waals surface area contributed by atoms with Crippen LogP contribution in [0.25, 0.3) is 0 Å². The van der Waals surface area contributed by atoms with Crippen molar-refractivity contribution in [3.63, 3.8) is 0 Å². The highest BCUT2D eigenvalue weighted by atomic mass is 16.6. The van der Waals surface area contributed by atoms with E-state index in [1.54, 1.807) is 27.7 Å². The van der Waals surface area contributed by atoms with E-state index in [0.29, 0.717) is 0 Å². The molecular weight excluding hydrogens is 198 g/mol. The molecule has 0 aromatic rings. The van der Waals surface area contributed by atoms with Crippen LogP contribution in [0.5, 0.6) is 0 Å². The predicted molar refractivity (Wildman–Crippen MR) is 55.6 cm³/mol. The van der Waals surface area contributed by atoms with Gasteiger partial charge in [0.1, 0.15) is 5.60 Å². The smallest absolute Gasteiger partial charge is 0.407 e. The second kappa shape index (κ2) is 5.00. The SMILES string of the molecule is CC(C(=O)O)[C@@H](C)NC(=O)OC(C)(C)C.